The number of nitrogens with zero attached hydrogens (tertiary/aromatic N) is 6. The Hall–Kier alpha value is -2.94. The van der Waals surface area contributed by atoms with E-state index in [0.717, 1.165) is 0 Å². The maximum Gasteiger partial charge on any atom is 0.124 e. The van der Waals surface area contributed by atoms with Crippen LogP contribution in [0.25, 0.3) is 0 Å². The largest absolute Gasteiger partial charge is 0.744 e. The summed E-state index contributed by atoms with van der Waals surface area (Å²) < 4.78 is 65.4. The van der Waals surface area contributed by atoms with Gasteiger partial charge in [-0.1, -0.05) is 10.4 Å². The molecule has 0 bridgehead atoms. The Balaban J connectivity index is 1.51. The van der Waals surface area contributed by atoms with Crippen molar-refractivity contribution in [3.8, 4) is 0 Å². The maximum absolute atomic E-state index is 10.9. The van der Waals surface area contributed by atoms with Crippen molar-refractivity contribution in [1.82, 2.24) is 10.0 Å². The monoisotopic (exact) mass is 452 g/mol. The van der Waals surface area contributed by atoms with Gasteiger partial charge in [0.2, 0.25) is 0 Å². The van der Waals surface area contributed by atoms with Crippen LogP contribution in [0.15, 0.2) is 79.0 Å². The molecule has 1 heterocycles. The molecule has 0 saturated carbocycles. The average molecular weight is 452 g/mol. The highest BCUT2D eigenvalue weighted by molar-refractivity contribution is 7.86. The Morgan fingerprint density at radius 1 is 0.600 bits per heavy atom. The van der Waals surface area contributed by atoms with Crippen LogP contribution in [-0.4, -0.2) is 62.1 Å². The molecule has 0 amide bonds. The first-order valence-corrected chi connectivity index (χ1v) is 11.4. The summed E-state index contributed by atoms with van der Waals surface area (Å²) in [6, 6.07) is 10.3. The molecule has 0 aliphatic carbocycles. The van der Waals surface area contributed by atoms with E-state index < -0.39 is 20.2 Å². The van der Waals surface area contributed by atoms with E-state index in [-0.39, 0.29) is 9.79 Å². The maximum atomic E-state index is 10.9. The molecular formula is C16H16N6O6S2-2. The molecular weight excluding hydrogens is 436 g/mol. The van der Waals surface area contributed by atoms with E-state index in [4.69, 9.17) is 0 Å². The van der Waals surface area contributed by atoms with Gasteiger partial charge in [-0.15, -0.1) is 10.2 Å². The summed E-state index contributed by atoms with van der Waals surface area (Å²) in [7, 11) is -8.99. The van der Waals surface area contributed by atoms with Crippen LogP contribution in [0.2, 0.25) is 0 Å². The van der Waals surface area contributed by atoms with Crippen LogP contribution < -0.4 is 0 Å². The van der Waals surface area contributed by atoms with Gasteiger partial charge in [0, 0.05) is 0 Å². The molecule has 0 N–H and O–H groups in total. The highest BCUT2D eigenvalue weighted by atomic mass is 32.2. The molecule has 0 aromatic heterocycles. The molecule has 12 nitrogen and oxygen atoms in total. The van der Waals surface area contributed by atoms with Crippen molar-refractivity contribution in [2.75, 3.05) is 26.2 Å². The molecule has 30 heavy (non-hydrogen) atoms. The van der Waals surface area contributed by atoms with Crippen molar-refractivity contribution in [3.05, 3.63) is 48.5 Å². The second-order valence-corrected chi connectivity index (χ2v) is 8.94. The van der Waals surface area contributed by atoms with E-state index in [9.17, 15) is 25.9 Å². The molecule has 0 atom stereocenters. The Bertz CT molecular complexity index is 1050. The first kappa shape index (κ1) is 21.8. The summed E-state index contributed by atoms with van der Waals surface area (Å²) in [5.74, 6) is 0. The van der Waals surface area contributed by atoms with Crippen molar-refractivity contribution < 1.29 is 25.9 Å². The van der Waals surface area contributed by atoms with Crippen LogP contribution in [0.3, 0.4) is 0 Å². The minimum atomic E-state index is -4.49. The molecule has 0 spiro atoms. The molecule has 1 aliphatic heterocycles. The lowest BCUT2D eigenvalue weighted by Crippen LogP contribution is -2.40. The van der Waals surface area contributed by atoms with Gasteiger partial charge in [-0.05, 0) is 48.5 Å². The zero-order valence-electron chi connectivity index (χ0n) is 15.4. The average Bonchev–Trinajstić information content (AvgIpc) is 2.71. The molecule has 1 saturated heterocycles. The summed E-state index contributed by atoms with van der Waals surface area (Å²) in [4.78, 5) is -0.658. The minimum Gasteiger partial charge on any atom is -0.744 e. The van der Waals surface area contributed by atoms with Gasteiger partial charge >= 0.3 is 0 Å². The quantitative estimate of drug-likeness (QED) is 0.471. The third-order valence-electron chi connectivity index (χ3n) is 4.06. The number of rotatable bonds is 6. The zero-order valence-corrected chi connectivity index (χ0v) is 17.0. The van der Waals surface area contributed by atoms with Crippen LogP contribution in [0.1, 0.15) is 0 Å². The lowest BCUT2D eigenvalue weighted by Gasteiger charge is -2.29. The van der Waals surface area contributed by atoms with Crippen molar-refractivity contribution in [3.63, 3.8) is 0 Å². The first-order chi connectivity index (χ1) is 14.1. The summed E-state index contributed by atoms with van der Waals surface area (Å²) in [5.41, 5.74) is 0.820. The van der Waals surface area contributed by atoms with E-state index >= 15 is 0 Å². The van der Waals surface area contributed by atoms with Crippen molar-refractivity contribution >= 4 is 31.6 Å². The fraction of sp³-hybridized carbons (Fsp3) is 0.250. The number of hydrogen-bond acceptors (Lipinski definition) is 10. The van der Waals surface area contributed by atoms with E-state index in [1.165, 1.54) is 48.5 Å². The Labute approximate surface area is 173 Å². The number of benzene rings is 2. The molecule has 14 heteroatoms. The summed E-state index contributed by atoms with van der Waals surface area (Å²) in [6.45, 7) is 2.07. The highest BCUT2D eigenvalue weighted by Gasteiger charge is 2.14. The van der Waals surface area contributed by atoms with E-state index in [1.54, 1.807) is 10.0 Å². The molecule has 0 radical (unpaired) electrons. The Kier molecular flexibility index (Phi) is 6.40. The molecule has 1 fully saturated rings. The minimum absolute atomic E-state index is 0.329. The smallest absolute Gasteiger partial charge is 0.124 e. The van der Waals surface area contributed by atoms with Crippen LogP contribution in [0, 0.1) is 0 Å². The molecule has 2 aromatic carbocycles. The van der Waals surface area contributed by atoms with Gasteiger partial charge in [0.25, 0.3) is 0 Å². The van der Waals surface area contributed by atoms with Gasteiger partial charge in [0.15, 0.2) is 0 Å². The van der Waals surface area contributed by atoms with Gasteiger partial charge in [0.1, 0.15) is 20.2 Å². The van der Waals surface area contributed by atoms with Crippen LogP contribution in [-0.2, 0) is 20.2 Å². The Morgan fingerprint density at radius 3 is 1.17 bits per heavy atom. The Morgan fingerprint density at radius 2 is 0.900 bits per heavy atom. The fourth-order valence-electron chi connectivity index (χ4n) is 2.45. The molecule has 3 rings (SSSR count). The van der Waals surface area contributed by atoms with E-state index in [0.29, 0.717) is 37.6 Å². The van der Waals surface area contributed by atoms with Gasteiger partial charge in [-0.25, -0.2) is 16.8 Å². The van der Waals surface area contributed by atoms with Gasteiger partial charge in [0.05, 0.1) is 47.3 Å². The summed E-state index contributed by atoms with van der Waals surface area (Å²) in [6.07, 6.45) is 0. The highest BCUT2D eigenvalue weighted by Crippen LogP contribution is 2.19. The lowest BCUT2D eigenvalue weighted by atomic mass is 10.3. The van der Waals surface area contributed by atoms with Crippen LogP contribution in [0.4, 0.5) is 11.4 Å². The second kappa shape index (κ2) is 8.83. The molecule has 0 unspecified atom stereocenters. The number of hydrogen-bond donors (Lipinski definition) is 0. The first-order valence-electron chi connectivity index (χ1n) is 8.56. The number of piperazine rings is 1. The van der Waals surface area contributed by atoms with Crippen molar-refractivity contribution in [2.45, 2.75) is 9.79 Å². The predicted molar refractivity (Wildman–Crippen MR) is 101 cm³/mol. The zero-order chi connectivity index (χ0) is 21.8. The summed E-state index contributed by atoms with van der Waals surface area (Å²) >= 11 is 0. The van der Waals surface area contributed by atoms with E-state index in [1.807, 2.05) is 0 Å². The lowest BCUT2D eigenvalue weighted by molar-refractivity contribution is 0.126. The third-order valence-corrected chi connectivity index (χ3v) is 5.76. The molecule has 1 aliphatic rings. The van der Waals surface area contributed by atoms with Gasteiger partial charge in [-0.3, -0.25) is 10.0 Å². The van der Waals surface area contributed by atoms with Crippen molar-refractivity contribution in [2.24, 2.45) is 20.7 Å². The SMILES string of the molecule is O=S(=O)([O-])c1ccc(N=NN2CCN(N=Nc3ccc(S(=O)(=O)[O-])cc3)CC2)cc1. The summed E-state index contributed by atoms with van der Waals surface area (Å²) in [5, 5.41) is 19.6. The van der Waals surface area contributed by atoms with Crippen molar-refractivity contribution in [1.29, 1.82) is 0 Å². The topological polar surface area (TPSA) is 170 Å². The molecule has 2 aromatic rings. The fourth-order valence-corrected chi connectivity index (χ4v) is 3.39. The van der Waals surface area contributed by atoms with Gasteiger partial charge in [-0.2, -0.15) is 0 Å². The predicted octanol–water partition coefficient (Wildman–Crippen LogP) is 1.81. The third kappa shape index (κ3) is 6.03. The van der Waals surface area contributed by atoms with Gasteiger partial charge < -0.3 is 9.11 Å². The molecule has 160 valence electrons. The standard InChI is InChI=1S/C16H18N6O6S2/c23-29(24,25)15-5-1-13(2-6-15)17-19-21-9-11-22(12-10-21)20-18-14-3-7-16(8-4-14)30(26,27)28/h1-8H,9-12H2,(H,23,24,25)(H,26,27,28)/p-2. The van der Waals surface area contributed by atoms with Crippen LogP contribution in [0.5, 0.6) is 0 Å². The van der Waals surface area contributed by atoms with E-state index in [2.05, 4.69) is 20.7 Å². The normalized spacial score (nSPS) is 15.9. The second-order valence-electron chi connectivity index (χ2n) is 6.18. The van der Waals surface area contributed by atoms with Crippen LogP contribution >= 0.6 is 0 Å².